The van der Waals surface area contributed by atoms with Crippen LogP contribution in [0.25, 0.3) is 11.0 Å². The molecule has 2 aromatic heterocycles. The standard InChI is InChI=1S/C14H11IN4O2S/c15-7-5-9-10(21-4-3-20-9)6-11(7)22-14-18-8-1-2-17-13(16)12(8)19-14/h1-2,5-6H,3-4H2,(H2,16,17)(H,18,19). The average molecular weight is 426 g/mol. The molecule has 1 aliphatic rings. The normalized spacial score (nSPS) is 13.5. The molecule has 4 rings (SSSR count). The molecular weight excluding hydrogens is 415 g/mol. The third kappa shape index (κ3) is 2.45. The molecule has 6 nitrogen and oxygen atoms in total. The van der Waals surface area contributed by atoms with Crippen molar-refractivity contribution in [3.05, 3.63) is 28.0 Å². The minimum absolute atomic E-state index is 0.428. The van der Waals surface area contributed by atoms with Gasteiger partial charge in [0, 0.05) is 14.7 Å². The summed E-state index contributed by atoms with van der Waals surface area (Å²) in [6, 6.07) is 5.82. The summed E-state index contributed by atoms with van der Waals surface area (Å²) in [5.41, 5.74) is 7.41. The maximum absolute atomic E-state index is 5.84. The molecule has 0 fully saturated rings. The van der Waals surface area contributed by atoms with Crippen LogP contribution in [-0.2, 0) is 0 Å². The molecule has 3 aromatic rings. The van der Waals surface area contributed by atoms with Crippen molar-refractivity contribution in [1.29, 1.82) is 0 Å². The van der Waals surface area contributed by atoms with Gasteiger partial charge < -0.3 is 20.2 Å². The lowest BCUT2D eigenvalue weighted by Gasteiger charge is -2.19. The van der Waals surface area contributed by atoms with Crippen LogP contribution in [0.5, 0.6) is 11.5 Å². The van der Waals surface area contributed by atoms with Crippen molar-refractivity contribution < 1.29 is 9.47 Å². The smallest absolute Gasteiger partial charge is 0.171 e. The number of anilines is 1. The van der Waals surface area contributed by atoms with E-state index < -0.39 is 0 Å². The molecule has 1 aromatic carbocycles. The maximum atomic E-state index is 5.84. The number of benzene rings is 1. The summed E-state index contributed by atoms with van der Waals surface area (Å²) in [7, 11) is 0. The Balaban J connectivity index is 1.71. The van der Waals surface area contributed by atoms with Crippen molar-refractivity contribution >= 4 is 51.2 Å². The number of nitrogens with two attached hydrogens (primary N) is 1. The van der Waals surface area contributed by atoms with Crippen LogP contribution in [0.1, 0.15) is 0 Å². The summed E-state index contributed by atoms with van der Waals surface area (Å²) >= 11 is 3.81. The highest BCUT2D eigenvalue weighted by atomic mass is 127. The first kappa shape index (κ1) is 13.9. The molecule has 8 heteroatoms. The van der Waals surface area contributed by atoms with Gasteiger partial charge in [-0.05, 0) is 40.8 Å². The number of hydrogen-bond donors (Lipinski definition) is 2. The Morgan fingerprint density at radius 3 is 2.77 bits per heavy atom. The molecule has 3 N–H and O–H groups in total. The fourth-order valence-electron chi connectivity index (χ4n) is 2.21. The van der Waals surface area contributed by atoms with E-state index in [1.54, 1.807) is 6.20 Å². The number of aromatic amines is 1. The van der Waals surface area contributed by atoms with Gasteiger partial charge in [0.2, 0.25) is 0 Å². The van der Waals surface area contributed by atoms with Crippen LogP contribution in [0.3, 0.4) is 0 Å². The van der Waals surface area contributed by atoms with E-state index in [0.29, 0.717) is 24.5 Å². The summed E-state index contributed by atoms with van der Waals surface area (Å²) in [6.07, 6.45) is 1.66. The van der Waals surface area contributed by atoms with E-state index in [4.69, 9.17) is 15.2 Å². The number of hydrogen-bond acceptors (Lipinski definition) is 6. The van der Waals surface area contributed by atoms with Crippen molar-refractivity contribution in [2.75, 3.05) is 18.9 Å². The summed E-state index contributed by atoms with van der Waals surface area (Å²) in [4.78, 5) is 12.9. The largest absolute Gasteiger partial charge is 0.486 e. The average Bonchev–Trinajstić information content (AvgIpc) is 2.92. The number of imidazole rings is 1. The van der Waals surface area contributed by atoms with Gasteiger partial charge in [0.25, 0.3) is 0 Å². The first-order valence-corrected chi connectivity index (χ1v) is 8.47. The molecule has 22 heavy (non-hydrogen) atoms. The lowest BCUT2D eigenvalue weighted by Crippen LogP contribution is -2.15. The van der Waals surface area contributed by atoms with Gasteiger partial charge in [-0.25, -0.2) is 9.97 Å². The van der Waals surface area contributed by atoms with Gasteiger partial charge in [0.15, 0.2) is 22.5 Å². The SMILES string of the molecule is Nc1nccc2[nH]c(Sc3cc4c(cc3I)OCCO4)nc12. The van der Waals surface area contributed by atoms with Gasteiger partial charge in [-0.2, -0.15) is 0 Å². The minimum Gasteiger partial charge on any atom is -0.486 e. The van der Waals surface area contributed by atoms with Crippen LogP contribution in [0, 0.1) is 3.57 Å². The van der Waals surface area contributed by atoms with Crippen LogP contribution in [-0.4, -0.2) is 28.2 Å². The zero-order chi connectivity index (χ0) is 15.1. The number of ether oxygens (including phenoxy) is 2. The second-order valence-electron chi connectivity index (χ2n) is 4.66. The maximum Gasteiger partial charge on any atom is 0.171 e. The van der Waals surface area contributed by atoms with Gasteiger partial charge in [-0.15, -0.1) is 0 Å². The van der Waals surface area contributed by atoms with E-state index in [-0.39, 0.29) is 0 Å². The Morgan fingerprint density at radius 2 is 2.00 bits per heavy atom. The quantitative estimate of drug-likeness (QED) is 0.613. The molecule has 0 aliphatic carbocycles. The molecule has 0 saturated carbocycles. The monoisotopic (exact) mass is 426 g/mol. The molecule has 0 unspecified atom stereocenters. The highest BCUT2D eigenvalue weighted by Gasteiger charge is 2.16. The highest BCUT2D eigenvalue weighted by molar-refractivity contribution is 14.1. The Bertz CT molecular complexity index is 867. The number of nitrogens with one attached hydrogen (secondary N) is 1. The molecule has 1 aliphatic heterocycles. The summed E-state index contributed by atoms with van der Waals surface area (Å²) in [5.74, 6) is 1.99. The van der Waals surface area contributed by atoms with Crippen molar-refractivity contribution in [1.82, 2.24) is 15.0 Å². The predicted molar refractivity (Wildman–Crippen MR) is 92.6 cm³/mol. The topological polar surface area (TPSA) is 86.0 Å². The number of pyridine rings is 1. The Morgan fingerprint density at radius 1 is 1.23 bits per heavy atom. The van der Waals surface area contributed by atoms with E-state index in [9.17, 15) is 0 Å². The predicted octanol–water partition coefficient (Wildman–Crippen LogP) is 3.07. The van der Waals surface area contributed by atoms with Crippen molar-refractivity contribution in [3.8, 4) is 11.5 Å². The van der Waals surface area contributed by atoms with E-state index in [1.807, 2.05) is 18.2 Å². The number of rotatable bonds is 2. The first-order chi connectivity index (χ1) is 10.7. The van der Waals surface area contributed by atoms with Crippen molar-refractivity contribution in [2.24, 2.45) is 0 Å². The molecule has 0 spiro atoms. The lowest BCUT2D eigenvalue weighted by atomic mass is 10.3. The fourth-order valence-corrected chi connectivity index (χ4v) is 3.81. The minimum atomic E-state index is 0.428. The van der Waals surface area contributed by atoms with Gasteiger partial charge in [0.05, 0.1) is 5.52 Å². The van der Waals surface area contributed by atoms with Gasteiger partial charge in [-0.1, -0.05) is 11.8 Å². The van der Waals surface area contributed by atoms with E-state index in [0.717, 1.165) is 30.6 Å². The number of H-pyrrole nitrogens is 1. The van der Waals surface area contributed by atoms with Gasteiger partial charge in [0.1, 0.15) is 18.7 Å². The first-order valence-electron chi connectivity index (χ1n) is 6.58. The molecule has 3 heterocycles. The van der Waals surface area contributed by atoms with Crippen LogP contribution in [0.4, 0.5) is 5.82 Å². The molecule has 0 atom stereocenters. The molecule has 0 amide bonds. The lowest BCUT2D eigenvalue weighted by molar-refractivity contribution is 0.171. The van der Waals surface area contributed by atoms with Crippen LogP contribution >= 0.6 is 34.4 Å². The number of aromatic nitrogens is 3. The molecule has 112 valence electrons. The number of nitrogen functional groups attached to an aromatic ring is 1. The molecular formula is C14H11IN4O2S. The number of halogens is 1. The van der Waals surface area contributed by atoms with Crippen molar-refractivity contribution in [2.45, 2.75) is 10.1 Å². The molecule has 0 bridgehead atoms. The molecule has 0 saturated heterocycles. The van der Waals surface area contributed by atoms with Crippen LogP contribution in [0.2, 0.25) is 0 Å². The second kappa shape index (κ2) is 5.51. The van der Waals surface area contributed by atoms with E-state index >= 15 is 0 Å². The van der Waals surface area contributed by atoms with E-state index in [1.165, 1.54) is 11.8 Å². The van der Waals surface area contributed by atoms with E-state index in [2.05, 4.69) is 37.5 Å². The Labute approximate surface area is 143 Å². The van der Waals surface area contributed by atoms with Gasteiger partial charge in [-0.3, -0.25) is 0 Å². The fraction of sp³-hybridized carbons (Fsp3) is 0.143. The zero-order valence-corrected chi connectivity index (χ0v) is 14.3. The Kier molecular flexibility index (Phi) is 3.49. The van der Waals surface area contributed by atoms with Gasteiger partial charge >= 0.3 is 0 Å². The second-order valence-corrected chi connectivity index (χ2v) is 6.86. The highest BCUT2D eigenvalue weighted by Crippen LogP contribution is 2.40. The number of nitrogens with zero attached hydrogens (tertiary/aromatic N) is 2. The summed E-state index contributed by atoms with van der Waals surface area (Å²) in [5, 5.41) is 0.768. The zero-order valence-electron chi connectivity index (χ0n) is 11.3. The van der Waals surface area contributed by atoms with Crippen LogP contribution in [0.15, 0.2) is 34.4 Å². The number of fused-ring (bicyclic) bond motifs is 2. The third-order valence-electron chi connectivity index (χ3n) is 3.21. The third-order valence-corrected chi connectivity index (χ3v) is 5.41. The van der Waals surface area contributed by atoms with Crippen molar-refractivity contribution in [3.63, 3.8) is 0 Å². The van der Waals surface area contributed by atoms with Crippen LogP contribution < -0.4 is 15.2 Å². The summed E-state index contributed by atoms with van der Waals surface area (Å²) < 4.78 is 12.3. The molecule has 0 radical (unpaired) electrons. The Hall–Kier alpha value is -1.68. The summed E-state index contributed by atoms with van der Waals surface area (Å²) in [6.45, 7) is 1.16.